The largest absolute Gasteiger partial charge is 0.490 e. The Labute approximate surface area is 253 Å². The molecular formula is C24H32N2O6Y2-2. The van der Waals surface area contributed by atoms with Crippen molar-refractivity contribution in [3.05, 3.63) is 84.7 Å². The zero-order valence-electron chi connectivity index (χ0n) is 20.1. The van der Waals surface area contributed by atoms with Crippen LogP contribution >= 0.6 is 0 Å². The van der Waals surface area contributed by atoms with Crippen LogP contribution in [-0.4, -0.2) is 37.3 Å². The van der Waals surface area contributed by atoms with Gasteiger partial charge < -0.3 is 39.9 Å². The fourth-order valence-corrected chi connectivity index (χ4v) is 1.80. The molecule has 0 aliphatic rings. The van der Waals surface area contributed by atoms with E-state index in [-0.39, 0.29) is 77.3 Å². The molecule has 0 aliphatic carbocycles. The van der Waals surface area contributed by atoms with Gasteiger partial charge in [0.05, 0.1) is 27.0 Å². The molecule has 2 aromatic rings. The summed E-state index contributed by atoms with van der Waals surface area (Å²) in [5.74, 6) is -0.491. The third-order valence-corrected chi connectivity index (χ3v) is 3.41. The van der Waals surface area contributed by atoms with Crippen LogP contribution in [0.2, 0.25) is 0 Å². The van der Waals surface area contributed by atoms with Gasteiger partial charge in [0.1, 0.15) is 0 Å². The molecule has 4 N–H and O–H groups in total. The number of methoxy groups -OCH3 is 2. The topological polar surface area (TPSA) is 117 Å². The Kier molecular flexibility index (Phi) is 31.9. The van der Waals surface area contributed by atoms with Gasteiger partial charge in [-0.05, 0) is 26.5 Å². The van der Waals surface area contributed by atoms with Gasteiger partial charge >= 0.3 is 0 Å². The van der Waals surface area contributed by atoms with E-state index in [2.05, 4.69) is 40.2 Å². The summed E-state index contributed by atoms with van der Waals surface area (Å²) in [5.41, 5.74) is 4.05. The number of aliphatic hydroxyl groups excluding tert-OH is 2. The van der Waals surface area contributed by atoms with E-state index in [0.29, 0.717) is 0 Å². The van der Waals surface area contributed by atoms with Gasteiger partial charge in [0, 0.05) is 65.4 Å². The first kappa shape index (κ1) is 39.5. The number of aryl methyl sites for hydroxylation is 2. The zero-order chi connectivity index (χ0) is 24.8. The molecule has 8 nitrogen and oxygen atoms in total. The van der Waals surface area contributed by atoms with E-state index in [0.717, 1.165) is 24.2 Å². The van der Waals surface area contributed by atoms with Crippen molar-refractivity contribution in [1.82, 2.24) is 0 Å². The quantitative estimate of drug-likeness (QED) is 0.189. The van der Waals surface area contributed by atoms with Crippen LogP contribution in [0.5, 0.6) is 0 Å². The van der Waals surface area contributed by atoms with E-state index < -0.39 is 0 Å². The van der Waals surface area contributed by atoms with Gasteiger partial charge in [-0.25, -0.2) is 0 Å². The van der Waals surface area contributed by atoms with Gasteiger partial charge in [0.25, 0.3) is 11.9 Å². The van der Waals surface area contributed by atoms with Crippen LogP contribution in [0, 0.1) is 6.92 Å². The number of benzene rings is 2. The number of amides is 2. The van der Waals surface area contributed by atoms with E-state index >= 15 is 0 Å². The Morgan fingerprint density at radius 3 is 1.41 bits per heavy atom. The fourth-order valence-electron chi connectivity index (χ4n) is 1.80. The van der Waals surface area contributed by atoms with E-state index in [4.69, 9.17) is 10.2 Å². The zero-order valence-corrected chi connectivity index (χ0v) is 25.8. The summed E-state index contributed by atoms with van der Waals surface area (Å²) in [7, 11) is 2.70. The number of aliphatic hydroxyl groups is 2. The standard InChI is InChI=1S/C10H12NO.C8H8NO.2C3H6O2.2Y/c1-2-3-9-4-6-10(7-5-9)11-8-12;1-7-2-4-8(5-3-7)9-6-10;2*1-3(4)5-2;;/h4-7H,2-3H2,1H3,(H,11,12);2-5H,1H3,(H,9,10);2*4H,1H2,2H3;;/q2*-1;;;;. The molecule has 0 spiro atoms. The molecule has 0 aliphatic heterocycles. The summed E-state index contributed by atoms with van der Waals surface area (Å²) in [6.45, 7) is 10.2. The number of nitrogens with one attached hydrogen (secondary N) is 2. The number of carbonyl (C=O) groups excluding carboxylic acids is 2. The van der Waals surface area contributed by atoms with E-state index in [1.165, 1.54) is 25.3 Å². The molecule has 0 saturated heterocycles. The second-order valence-corrected chi connectivity index (χ2v) is 5.96. The van der Waals surface area contributed by atoms with Crippen molar-refractivity contribution in [1.29, 1.82) is 0 Å². The van der Waals surface area contributed by atoms with Gasteiger partial charge in [-0.3, -0.25) is 0 Å². The minimum atomic E-state index is -0.245. The predicted molar refractivity (Wildman–Crippen MR) is 128 cm³/mol. The van der Waals surface area contributed by atoms with Crippen molar-refractivity contribution >= 4 is 24.2 Å². The van der Waals surface area contributed by atoms with Crippen LogP contribution in [0.1, 0.15) is 24.5 Å². The van der Waals surface area contributed by atoms with E-state index in [1.807, 2.05) is 55.5 Å². The van der Waals surface area contributed by atoms with Crippen molar-refractivity contribution < 1.29 is 94.7 Å². The summed E-state index contributed by atoms with van der Waals surface area (Å²) in [5, 5.41) is 20.8. The van der Waals surface area contributed by atoms with Crippen LogP contribution in [0.4, 0.5) is 11.4 Å². The SMILES string of the molecule is C=C(O)OC.C=C(O)OC.CCCc1ccc(N[C-]=O)cc1.Cc1ccc(N[C-]=O)cc1.[Y].[Y]. The number of ether oxygens (including phenoxy) is 2. The second-order valence-electron chi connectivity index (χ2n) is 5.96. The Hall–Kier alpha value is -1.73. The molecule has 2 amide bonds. The molecule has 182 valence electrons. The first-order valence-corrected chi connectivity index (χ1v) is 9.49. The van der Waals surface area contributed by atoms with E-state index in [9.17, 15) is 9.59 Å². The van der Waals surface area contributed by atoms with Crippen LogP contribution < -0.4 is 10.6 Å². The first-order valence-electron chi connectivity index (χ1n) is 9.49. The fraction of sp³-hybridized carbons (Fsp3) is 0.250. The third kappa shape index (κ3) is 26.5. The summed E-state index contributed by atoms with van der Waals surface area (Å²) in [6, 6.07) is 15.3. The molecule has 10 heteroatoms. The molecular weight excluding hydrogens is 590 g/mol. The predicted octanol–water partition coefficient (Wildman–Crippen LogP) is 4.91. The third-order valence-electron chi connectivity index (χ3n) is 3.41. The maximum absolute atomic E-state index is 9.95. The minimum absolute atomic E-state index is 0. The number of anilines is 2. The summed E-state index contributed by atoms with van der Waals surface area (Å²) in [6.07, 6.45) is 5.47. The van der Waals surface area contributed by atoms with Gasteiger partial charge in [-0.2, -0.15) is 0 Å². The maximum Gasteiger partial charge on any atom is 0.268 e. The molecule has 0 aromatic heterocycles. The molecule has 0 bridgehead atoms. The van der Waals surface area contributed by atoms with Crippen LogP contribution in [-0.2, 0) is 90.9 Å². The number of hydrogen-bond donors (Lipinski definition) is 4. The molecule has 0 heterocycles. The molecule has 0 atom stereocenters. The van der Waals surface area contributed by atoms with E-state index in [1.54, 1.807) is 12.8 Å². The Bertz CT molecular complexity index is 771. The van der Waals surface area contributed by atoms with Gasteiger partial charge in [0.2, 0.25) is 0 Å². The van der Waals surface area contributed by atoms with Gasteiger partial charge in [-0.1, -0.05) is 48.7 Å². The second kappa shape index (κ2) is 27.5. The summed E-state index contributed by atoms with van der Waals surface area (Å²) >= 11 is 0. The summed E-state index contributed by atoms with van der Waals surface area (Å²) in [4.78, 5) is 19.8. The van der Waals surface area contributed by atoms with Crippen molar-refractivity contribution in [2.24, 2.45) is 0 Å². The molecule has 0 saturated carbocycles. The maximum atomic E-state index is 9.95. The molecule has 2 radical (unpaired) electrons. The van der Waals surface area contributed by atoms with Crippen molar-refractivity contribution in [3.8, 4) is 0 Å². The van der Waals surface area contributed by atoms with Crippen LogP contribution in [0.25, 0.3) is 0 Å². The Morgan fingerprint density at radius 2 is 1.15 bits per heavy atom. The monoisotopic (exact) mass is 622 g/mol. The smallest absolute Gasteiger partial charge is 0.268 e. The normalized spacial score (nSPS) is 7.88. The van der Waals surface area contributed by atoms with Crippen molar-refractivity contribution in [2.45, 2.75) is 26.7 Å². The summed E-state index contributed by atoms with van der Waals surface area (Å²) < 4.78 is 8.22. The van der Waals surface area contributed by atoms with Crippen molar-refractivity contribution in [3.63, 3.8) is 0 Å². The number of rotatable bonds is 8. The Morgan fingerprint density at radius 1 is 0.824 bits per heavy atom. The average molecular weight is 622 g/mol. The Balaban J connectivity index is -0.000000186. The molecule has 34 heavy (non-hydrogen) atoms. The van der Waals surface area contributed by atoms with Crippen molar-refractivity contribution in [2.75, 3.05) is 24.9 Å². The van der Waals surface area contributed by atoms with Gasteiger partial charge in [0.15, 0.2) is 0 Å². The van der Waals surface area contributed by atoms with Gasteiger partial charge in [-0.15, -0.1) is 35.6 Å². The van der Waals surface area contributed by atoms with Crippen LogP contribution in [0.3, 0.4) is 0 Å². The van der Waals surface area contributed by atoms with Crippen LogP contribution in [0.15, 0.2) is 73.6 Å². The molecule has 0 fully saturated rings. The minimum Gasteiger partial charge on any atom is -0.490 e. The molecule has 2 aromatic carbocycles. The number of hydrogen-bond acceptors (Lipinski definition) is 6. The molecule has 2 rings (SSSR count). The first-order chi connectivity index (χ1) is 15.2. The molecule has 0 unspecified atom stereocenters. The average Bonchev–Trinajstić information content (AvgIpc) is 2.78.